The van der Waals surface area contributed by atoms with Gasteiger partial charge in [-0.2, -0.15) is 0 Å². The number of rotatable bonds is 4. The summed E-state index contributed by atoms with van der Waals surface area (Å²) >= 11 is 0. The van der Waals surface area contributed by atoms with E-state index in [4.69, 9.17) is 0 Å². The second kappa shape index (κ2) is 3.75. The zero-order valence-corrected chi connectivity index (χ0v) is 8.05. The fourth-order valence-corrected chi connectivity index (χ4v) is 2.10. The Kier molecular flexibility index (Phi) is 2.66. The Balaban J connectivity index is 1.62. The SMILES string of the molecule is CN(CC1CC1)CC1CCCN1. The highest BCUT2D eigenvalue weighted by Gasteiger charge is 2.24. The third-order valence-electron chi connectivity index (χ3n) is 2.96. The molecule has 2 nitrogen and oxygen atoms in total. The molecule has 2 fully saturated rings. The third kappa shape index (κ3) is 2.46. The molecule has 2 heteroatoms. The van der Waals surface area contributed by atoms with Crippen molar-refractivity contribution in [1.29, 1.82) is 0 Å². The minimum absolute atomic E-state index is 0.786. The van der Waals surface area contributed by atoms with Gasteiger partial charge in [0.1, 0.15) is 0 Å². The first-order valence-electron chi connectivity index (χ1n) is 5.26. The number of hydrogen-bond donors (Lipinski definition) is 1. The van der Waals surface area contributed by atoms with Gasteiger partial charge in [-0.25, -0.2) is 0 Å². The predicted octanol–water partition coefficient (Wildman–Crippen LogP) is 1.08. The molecule has 1 aliphatic carbocycles. The van der Waals surface area contributed by atoms with E-state index in [1.54, 1.807) is 0 Å². The summed E-state index contributed by atoms with van der Waals surface area (Å²) in [6, 6.07) is 0.786. The highest BCUT2D eigenvalue weighted by molar-refractivity contribution is 4.80. The second-order valence-electron chi connectivity index (χ2n) is 4.46. The van der Waals surface area contributed by atoms with Crippen LogP contribution in [0.3, 0.4) is 0 Å². The molecule has 1 saturated heterocycles. The Morgan fingerprint density at radius 3 is 2.67 bits per heavy atom. The molecule has 0 radical (unpaired) electrons. The van der Waals surface area contributed by atoms with E-state index in [0.29, 0.717) is 0 Å². The minimum atomic E-state index is 0.786. The molecule has 1 unspecified atom stereocenters. The van der Waals surface area contributed by atoms with E-state index in [1.165, 1.54) is 45.3 Å². The van der Waals surface area contributed by atoms with Crippen molar-refractivity contribution in [2.24, 2.45) is 5.92 Å². The lowest BCUT2D eigenvalue weighted by Gasteiger charge is -2.20. The highest BCUT2D eigenvalue weighted by Crippen LogP contribution is 2.29. The molecular formula is C10H20N2. The highest BCUT2D eigenvalue weighted by atomic mass is 15.1. The van der Waals surface area contributed by atoms with Crippen LogP contribution in [0.15, 0.2) is 0 Å². The summed E-state index contributed by atoms with van der Waals surface area (Å²) in [4.78, 5) is 2.50. The van der Waals surface area contributed by atoms with E-state index in [9.17, 15) is 0 Å². The largest absolute Gasteiger partial charge is 0.313 e. The summed E-state index contributed by atoms with van der Waals surface area (Å²) in [7, 11) is 2.26. The summed E-state index contributed by atoms with van der Waals surface area (Å²) in [6.07, 6.45) is 5.71. The van der Waals surface area contributed by atoms with Crippen LogP contribution in [-0.2, 0) is 0 Å². The molecule has 1 aliphatic heterocycles. The van der Waals surface area contributed by atoms with Crippen molar-refractivity contribution in [1.82, 2.24) is 10.2 Å². The van der Waals surface area contributed by atoms with E-state index >= 15 is 0 Å². The smallest absolute Gasteiger partial charge is 0.0195 e. The molecule has 1 N–H and O–H groups in total. The van der Waals surface area contributed by atoms with Gasteiger partial charge in [0.05, 0.1) is 0 Å². The second-order valence-corrected chi connectivity index (χ2v) is 4.46. The monoisotopic (exact) mass is 168 g/mol. The van der Waals surface area contributed by atoms with Gasteiger partial charge in [-0.15, -0.1) is 0 Å². The number of likely N-dealkylation sites (N-methyl/N-ethyl adjacent to an activating group) is 1. The van der Waals surface area contributed by atoms with Gasteiger partial charge in [0.15, 0.2) is 0 Å². The maximum atomic E-state index is 3.54. The van der Waals surface area contributed by atoms with Crippen LogP contribution in [0.2, 0.25) is 0 Å². The van der Waals surface area contributed by atoms with Gasteiger partial charge in [-0.1, -0.05) is 0 Å². The van der Waals surface area contributed by atoms with Gasteiger partial charge >= 0.3 is 0 Å². The molecule has 1 atom stereocenters. The van der Waals surface area contributed by atoms with Gasteiger partial charge in [-0.05, 0) is 45.2 Å². The summed E-state index contributed by atoms with van der Waals surface area (Å²) in [5, 5.41) is 3.54. The maximum absolute atomic E-state index is 3.54. The van der Waals surface area contributed by atoms with Gasteiger partial charge in [-0.3, -0.25) is 0 Å². The van der Waals surface area contributed by atoms with Crippen LogP contribution >= 0.6 is 0 Å². The Bertz CT molecular complexity index is 137. The van der Waals surface area contributed by atoms with E-state index in [1.807, 2.05) is 0 Å². The summed E-state index contributed by atoms with van der Waals surface area (Å²) in [6.45, 7) is 3.83. The zero-order valence-electron chi connectivity index (χ0n) is 8.05. The normalized spacial score (nSPS) is 30.0. The summed E-state index contributed by atoms with van der Waals surface area (Å²) in [5.74, 6) is 1.04. The zero-order chi connectivity index (χ0) is 8.39. The van der Waals surface area contributed by atoms with Crippen molar-refractivity contribution in [3.63, 3.8) is 0 Å². The molecular weight excluding hydrogens is 148 g/mol. The predicted molar refractivity (Wildman–Crippen MR) is 51.2 cm³/mol. The number of hydrogen-bond acceptors (Lipinski definition) is 2. The fraction of sp³-hybridized carbons (Fsp3) is 1.00. The van der Waals surface area contributed by atoms with E-state index in [0.717, 1.165) is 12.0 Å². The van der Waals surface area contributed by atoms with Crippen LogP contribution in [0.5, 0.6) is 0 Å². The lowest BCUT2D eigenvalue weighted by molar-refractivity contribution is 0.289. The topological polar surface area (TPSA) is 15.3 Å². The van der Waals surface area contributed by atoms with Gasteiger partial charge in [0.25, 0.3) is 0 Å². The van der Waals surface area contributed by atoms with Gasteiger partial charge in [0.2, 0.25) is 0 Å². The standard InChI is InChI=1S/C10H20N2/c1-12(7-9-4-5-9)8-10-3-2-6-11-10/h9-11H,2-8H2,1H3. The quantitative estimate of drug-likeness (QED) is 0.676. The molecule has 1 heterocycles. The fourth-order valence-electron chi connectivity index (χ4n) is 2.10. The van der Waals surface area contributed by atoms with Crippen LogP contribution in [0.1, 0.15) is 25.7 Å². The van der Waals surface area contributed by atoms with Gasteiger partial charge < -0.3 is 10.2 Å². The van der Waals surface area contributed by atoms with Crippen molar-refractivity contribution >= 4 is 0 Å². The Labute approximate surface area is 75.3 Å². The van der Waals surface area contributed by atoms with E-state index in [-0.39, 0.29) is 0 Å². The molecule has 0 amide bonds. The van der Waals surface area contributed by atoms with Crippen LogP contribution in [-0.4, -0.2) is 37.6 Å². The first-order chi connectivity index (χ1) is 5.84. The molecule has 70 valence electrons. The molecule has 0 aromatic rings. The van der Waals surface area contributed by atoms with Crippen molar-refractivity contribution in [2.45, 2.75) is 31.7 Å². The molecule has 0 spiro atoms. The number of nitrogens with zero attached hydrogens (tertiary/aromatic N) is 1. The van der Waals surface area contributed by atoms with E-state index < -0.39 is 0 Å². The van der Waals surface area contributed by atoms with Crippen molar-refractivity contribution in [3.8, 4) is 0 Å². The van der Waals surface area contributed by atoms with Crippen LogP contribution in [0, 0.1) is 5.92 Å². The average Bonchev–Trinajstić information content (AvgIpc) is 2.66. The molecule has 0 aromatic carbocycles. The molecule has 2 aliphatic rings. The van der Waals surface area contributed by atoms with Crippen LogP contribution in [0.25, 0.3) is 0 Å². The average molecular weight is 168 g/mol. The lowest BCUT2D eigenvalue weighted by atomic mass is 10.2. The maximum Gasteiger partial charge on any atom is 0.0195 e. The lowest BCUT2D eigenvalue weighted by Crippen LogP contribution is -2.36. The number of nitrogens with one attached hydrogen (secondary N) is 1. The molecule has 0 aromatic heterocycles. The molecule has 1 saturated carbocycles. The van der Waals surface area contributed by atoms with Gasteiger partial charge in [0, 0.05) is 19.1 Å². The molecule has 2 rings (SSSR count). The third-order valence-corrected chi connectivity index (χ3v) is 2.96. The Morgan fingerprint density at radius 1 is 1.25 bits per heavy atom. The molecule has 12 heavy (non-hydrogen) atoms. The Hall–Kier alpha value is -0.0800. The van der Waals surface area contributed by atoms with Crippen LogP contribution < -0.4 is 5.32 Å². The van der Waals surface area contributed by atoms with E-state index in [2.05, 4.69) is 17.3 Å². The summed E-state index contributed by atoms with van der Waals surface area (Å²) in [5.41, 5.74) is 0. The summed E-state index contributed by atoms with van der Waals surface area (Å²) < 4.78 is 0. The van der Waals surface area contributed by atoms with Crippen molar-refractivity contribution < 1.29 is 0 Å². The van der Waals surface area contributed by atoms with Crippen molar-refractivity contribution in [2.75, 3.05) is 26.7 Å². The van der Waals surface area contributed by atoms with Crippen LogP contribution in [0.4, 0.5) is 0 Å². The van der Waals surface area contributed by atoms with Crippen molar-refractivity contribution in [3.05, 3.63) is 0 Å². The first kappa shape index (κ1) is 8.52. The molecule has 0 bridgehead atoms. The first-order valence-corrected chi connectivity index (χ1v) is 5.26. The Morgan fingerprint density at radius 2 is 2.08 bits per heavy atom. The minimum Gasteiger partial charge on any atom is -0.313 e.